The summed E-state index contributed by atoms with van der Waals surface area (Å²) >= 11 is 4.64. The van der Waals surface area contributed by atoms with E-state index in [9.17, 15) is 14.4 Å². The summed E-state index contributed by atoms with van der Waals surface area (Å²) in [5, 5.41) is 3.04. The smallest absolute Gasteiger partial charge is 0.410 e. The summed E-state index contributed by atoms with van der Waals surface area (Å²) in [6, 6.07) is 8.82. The standard InChI is InChI=1S/C17H23NO4.C9H17NO2.CH3Cl.ClH/c1-12-10-18(14(12)15(19)22-17(2,3)4)16(20)21-11-13-8-6-5-7-9-13;1-6-5-10-7(6)8(11)12-9(2,3)4;1-2;/h5-9,12,14H,10-11H2,1-4H3;6-7,10H,5H2,1-4H3;1H3;1H/t12-,14?;6-,7?;;/m00../s1. The molecule has 0 saturated carbocycles. The van der Waals surface area contributed by atoms with Crippen LogP contribution >= 0.6 is 24.0 Å². The Morgan fingerprint density at radius 2 is 1.43 bits per heavy atom. The van der Waals surface area contributed by atoms with E-state index in [1.54, 1.807) is 0 Å². The van der Waals surface area contributed by atoms with E-state index in [1.807, 2.05) is 85.7 Å². The summed E-state index contributed by atoms with van der Waals surface area (Å²) in [5.74, 6) is 0.00290. The van der Waals surface area contributed by atoms with Crippen molar-refractivity contribution in [3.63, 3.8) is 0 Å². The number of rotatable bonds is 4. The third-order valence-electron chi connectivity index (χ3n) is 5.34. The summed E-state index contributed by atoms with van der Waals surface area (Å²) in [5.41, 5.74) is -0.0154. The maximum Gasteiger partial charge on any atom is 0.410 e. The minimum Gasteiger partial charge on any atom is -0.459 e. The highest BCUT2D eigenvalue weighted by molar-refractivity contribution is 6.15. The Bertz CT molecular complexity index is 855. The molecule has 1 N–H and O–H groups in total. The zero-order valence-corrected chi connectivity index (χ0v) is 25.1. The van der Waals surface area contributed by atoms with Gasteiger partial charge in [0, 0.05) is 25.4 Å². The lowest BCUT2D eigenvalue weighted by molar-refractivity contribution is -0.169. The monoisotopic (exact) mass is 562 g/mol. The molecule has 2 fully saturated rings. The van der Waals surface area contributed by atoms with Crippen LogP contribution in [0.25, 0.3) is 0 Å². The molecule has 1 aromatic rings. The van der Waals surface area contributed by atoms with E-state index >= 15 is 0 Å². The summed E-state index contributed by atoms with van der Waals surface area (Å²) in [7, 11) is 0. The van der Waals surface area contributed by atoms with Gasteiger partial charge in [0.2, 0.25) is 0 Å². The lowest BCUT2D eigenvalue weighted by Crippen LogP contribution is -2.62. The fourth-order valence-electron chi connectivity index (χ4n) is 3.56. The fraction of sp³-hybridized carbons (Fsp3) is 0.667. The third-order valence-corrected chi connectivity index (χ3v) is 5.34. The van der Waals surface area contributed by atoms with Crippen molar-refractivity contribution < 1.29 is 28.6 Å². The van der Waals surface area contributed by atoms with Crippen molar-refractivity contribution in [3.8, 4) is 0 Å². The molecule has 0 bridgehead atoms. The number of likely N-dealkylation sites (tertiary alicyclic amines) is 1. The quantitative estimate of drug-likeness (QED) is 0.306. The fourth-order valence-corrected chi connectivity index (χ4v) is 3.56. The molecule has 4 atom stereocenters. The van der Waals surface area contributed by atoms with Gasteiger partial charge in [-0.1, -0.05) is 44.2 Å². The van der Waals surface area contributed by atoms with E-state index < -0.39 is 17.7 Å². The van der Waals surface area contributed by atoms with Crippen molar-refractivity contribution in [1.29, 1.82) is 0 Å². The largest absolute Gasteiger partial charge is 0.459 e. The molecule has 0 spiro atoms. The van der Waals surface area contributed by atoms with Crippen molar-refractivity contribution in [2.24, 2.45) is 11.8 Å². The van der Waals surface area contributed by atoms with Crippen LogP contribution in [0.4, 0.5) is 4.79 Å². The van der Waals surface area contributed by atoms with Gasteiger partial charge in [0.1, 0.15) is 29.9 Å². The first-order chi connectivity index (χ1) is 16.7. The predicted octanol–water partition coefficient (Wildman–Crippen LogP) is 5.20. The summed E-state index contributed by atoms with van der Waals surface area (Å²) in [6.07, 6.45) is 0.998. The van der Waals surface area contributed by atoms with Crippen LogP contribution in [0.1, 0.15) is 61.0 Å². The molecule has 10 heteroatoms. The second-order valence-corrected chi connectivity index (χ2v) is 11.0. The van der Waals surface area contributed by atoms with E-state index in [1.165, 1.54) is 11.3 Å². The van der Waals surface area contributed by atoms with Crippen LogP contribution in [0, 0.1) is 11.8 Å². The number of amides is 1. The van der Waals surface area contributed by atoms with Gasteiger partial charge in [0.15, 0.2) is 0 Å². The van der Waals surface area contributed by atoms with Crippen LogP contribution in [0.2, 0.25) is 0 Å². The van der Waals surface area contributed by atoms with E-state index in [0.717, 1.165) is 12.1 Å². The number of halogens is 2. The number of hydrogen-bond acceptors (Lipinski definition) is 7. The van der Waals surface area contributed by atoms with Gasteiger partial charge in [0.05, 0.1) is 0 Å². The molecule has 2 aliphatic heterocycles. The van der Waals surface area contributed by atoms with Crippen LogP contribution in [0.5, 0.6) is 0 Å². The minimum absolute atomic E-state index is 0. The van der Waals surface area contributed by atoms with Crippen LogP contribution in [-0.2, 0) is 30.4 Å². The van der Waals surface area contributed by atoms with Crippen molar-refractivity contribution in [2.75, 3.05) is 19.5 Å². The molecular formula is C27H44Cl2N2O6. The van der Waals surface area contributed by atoms with Gasteiger partial charge in [-0.25, -0.2) is 9.59 Å². The molecule has 3 rings (SSSR count). The van der Waals surface area contributed by atoms with Crippen molar-refractivity contribution in [1.82, 2.24) is 10.2 Å². The molecule has 2 aliphatic rings. The topological polar surface area (TPSA) is 94.2 Å². The highest BCUT2D eigenvalue weighted by atomic mass is 35.5. The number of esters is 2. The van der Waals surface area contributed by atoms with E-state index in [-0.39, 0.29) is 48.5 Å². The Morgan fingerprint density at radius 3 is 1.84 bits per heavy atom. The molecule has 2 saturated heterocycles. The molecule has 0 radical (unpaired) electrons. The molecule has 0 aliphatic carbocycles. The molecular weight excluding hydrogens is 519 g/mol. The van der Waals surface area contributed by atoms with Gasteiger partial charge in [-0.15, -0.1) is 24.0 Å². The number of hydrogen-bond donors (Lipinski definition) is 1. The van der Waals surface area contributed by atoms with Crippen LogP contribution in [0.15, 0.2) is 30.3 Å². The summed E-state index contributed by atoms with van der Waals surface area (Å²) in [6.45, 7) is 16.7. The molecule has 2 heterocycles. The molecule has 0 aromatic heterocycles. The van der Waals surface area contributed by atoms with Crippen LogP contribution < -0.4 is 5.32 Å². The SMILES string of the molecule is CCl.C[C@H]1CN(C(=O)OCc2ccccc2)C1C(=O)OC(C)(C)C.C[C@H]1CNC1C(=O)OC(C)(C)C.Cl. The number of nitrogens with one attached hydrogen (secondary N) is 1. The highest BCUT2D eigenvalue weighted by Crippen LogP contribution is 2.28. The van der Waals surface area contributed by atoms with E-state index in [4.69, 9.17) is 14.2 Å². The number of benzene rings is 1. The van der Waals surface area contributed by atoms with Gasteiger partial charge < -0.3 is 19.5 Å². The predicted molar refractivity (Wildman–Crippen MR) is 148 cm³/mol. The van der Waals surface area contributed by atoms with Crippen LogP contribution in [-0.4, -0.2) is 65.7 Å². The number of nitrogens with zero attached hydrogens (tertiary/aromatic N) is 1. The van der Waals surface area contributed by atoms with Crippen molar-refractivity contribution in [3.05, 3.63) is 35.9 Å². The Balaban J connectivity index is 0.000000735. The third kappa shape index (κ3) is 11.9. The Labute approximate surface area is 233 Å². The molecule has 2 unspecified atom stereocenters. The number of ether oxygens (including phenoxy) is 3. The Hall–Kier alpha value is -2.03. The summed E-state index contributed by atoms with van der Waals surface area (Å²) in [4.78, 5) is 37.1. The second kappa shape index (κ2) is 15.4. The number of carbonyl (C=O) groups is 3. The lowest BCUT2D eigenvalue weighted by Gasteiger charge is -2.44. The first kappa shape index (κ1) is 35.0. The molecule has 8 nitrogen and oxygen atoms in total. The lowest BCUT2D eigenvalue weighted by atomic mass is 9.91. The van der Waals surface area contributed by atoms with Gasteiger partial charge in [-0.05, 0) is 53.0 Å². The molecule has 212 valence electrons. The molecule has 1 aromatic carbocycles. The molecule has 1 amide bonds. The second-order valence-electron chi connectivity index (χ2n) is 11.0. The number of alkyl halides is 1. The average molecular weight is 564 g/mol. The first-order valence-electron chi connectivity index (χ1n) is 12.2. The van der Waals surface area contributed by atoms with E-state index in [2.05, 4.69) is 16.9 Å². The Kier molecular flexibility index (Phi) is 14.6. The zero-order chi connectivity index (χ0) is 27.7. The van der Waals surface area contributed by atoms with Gasteiger partial charge >= 0.3 is 18.0 Å². The van der Waals surface area contributed by atoms with Crippen molar-refractivity contribution >= 4 is 42.0 Å². The normalized spacial score (nSPS) is 22.2. The first-order valence-corrected chi connectivity index (χ1v) is 13.0. The summed E-state index contributed by atoms with van der Waals surface area (Å²) < 4.78 is 15.8. The van der Waals surface area contributed by atoms with Gasteiger partial charge in [-0.2, -0.15) is 0 Å². The van der Waals surface area contributed by atoms with Crippen LogP contribution in [0.3, 0.4) is 0 Å². The zero-order valence-electron chi connectivity index (χ0n) is 23.5. The van der Waals surface area contributed by atoms with Gasteiger partial charge in [-0.3, -0.25) is 9.69 Å². The Morgan fingerprint density at radius 1 is 0.919 bits per heavy atom. The maximum absolute atomic E-state index is 12.2. The maximum atomic E-state index is 12.2. The van der Waals surface area contributed by atoms with Crippen molar-refractivity contribution in [2.45, 2.75) is 85.3 Å². The minimum atomic E-state index is -0.563. The van der Waals surface area contributed by atoms with Gasteiger partial charge in [0.25, 0.3) is 0 Å². The van der Waals surface area contributed by atoms with E-state index in [0.29, 0.717) is 12.5 Å². The molecule has 37 heavy (non-hydrogen) atoms. The number of carbonyl (C=O) groups excluding carboxylic acids is 3. The highest BCUT2D eigenvalue weighted by Gasteiger charge is 2.46. The average Bonchev–Trinajstić information content (AvgIpc) is 2.74.